The lowest BCUT2D eigenvalue weighted by atomic mass is 10.2. The second-order valence-corrected chi connectivity index (χ2v) is 3.62. The number of nitrogens with zero attached hydrogens (tertiary/aromatic N) is 5. The number of nitrogen functional groups attached to an aromatic ring is 1. The molecule has 0 atom stereocenters. The maximum Gasteiger partial charge on any atom is 0.263 e. The van der Waals surface area contributed by atoms with E-state index in [-0.39, 0.29) is 5.95 Å². The van der Waals surface area contributed by atoms with Crippen LogP contribution in [0.5, 0.6) is 17.2 Å². The van der Waals surface area contributed by atoms with Crippen molar-refractivity contribution in [3.05, 3.63) is 17.7 Å². The van der Waals surface area contributed by atoms with E-state index in [0.29, 0.717) is 22.8 Å². The number of aromatic nitrogens is 4. The summed E-state index contributed by atoms with van der Waals surface area (Å²) >= 11 is 0. The molecule has 0 saturated heterocycles. The van der Waals surface area contributed by atoms with Crippen LogP contribution in [-0.4, -0.2) is 47.9 Å². The van der Waals surface area contributed by atoms with Gasteiger partial charge in [0.2, 0.25) is 0 Å². The van der Waals surface area contributed by atoms with Gasteiger partial charge < -0.3 is 19.9 Å². The normalized spacial score (nSPS) is 10.8. The van der Waals surface area contributed by atoms with Crippen molar-refractivity contribution in [3.63, 3.8) is 0 Å². The molecule has 1 aromatic carbocycles. The van der Waals surface area contributed by atoms with Gasteiger partial charge in [-0.2, -0.15) is 5.10 Å². The zero-order valence-corrected chi connectivity index (χ0v) is 11.3. The summed E-state index contributed by atoms with van der Waals surface area (Å²) in [5.41, 5.74) is 6.18. The Morgan fingerprint density at radius 2 is 1.75 bits per heavy atom. The Kier molecular flexibility index (Phi) is 3.99. The highest BCUT2D eigenvalue weighted by molar-refractivity contribution is 5.85. The molecule has 1 aromatic heterocycles. The molecule has 2 aromatic rings. The van der Waals surface area contributed by atoms with E-state index in [1.807, 2.05) is 0 Å². The quantitative estimate of drug-likeness (QED) is 0.776. The summed E-state index contributed by atoms with van der Waals surface area (Å²) in [7, 11) is 4.64. The van der Waals surface area contributed by atoms with Gasteiger partial charge in [-0.05, 0) is 16.5 Å². The van der Waals surface area contributed by atoms with Crippen LogP contribution in [-0.2, 0) is 0 Å². The smallest absolute Gasteiger partial charge is 0.263 e. The number of benzene rings is 1. The highest BCUT2D eigenvalue weighted by Crippen LogP contribution is 2.33. The monoisotopic (exact) mass is 278 g/mol. The zero-order chi connectivity index (χ0) is 14.5. The van der Waals surface area contributed by atoms with Gasteiger partial charge in [-0.25, -0.2) is 0 Å². The number of rotatable bonds is 5. The Balaban J connectivity index is 2.40. The lowest BCUT2D eigenvalue weighted by Gasteiger charge is -2.11. The molecule has 9 nitrogen and oxygen atoms in total. The van der Waals surface area contributed by atoms with Gasteiger partial charge in [-0.3, -0.25) is 0 Å². The predicted molar refractivity (Wildman–Crippen MR) is 71.3 cm³/mol. The lowest BCUT2D eigenvalue weighted by molar-refractivity contribution is 0.349. The van der Waals surface area contributed by atoms with Crippen molar-refractivity contribution >= 4 is 12.2 Å². The van der Waals surface area contributed by atoms with Gasteiger partial charge in [0.1, 0.15) is 5.75 Å². The second kappa shape index (κ2) is 5.87. The second-order valence-electron chi connectivity index (χ2n) is 3.62. The number of nitrogens with two attached hydrogens (primary N) is 1. The van der Waals surface area contributed by atoms with Crippen molar-refractivity contribution in [2.24, 2.45) is 5.10 Å². The molecule has 2 rings (SSSR count). The first-order valence-electron chi connectivity index (χ1n) is 5.57. The lowest BCUT2D eigenvalue weighted by Crippen LogP contribution is -2.01. The molecule has 9 heteroatoms. The number of ether oxygens (including phenoxy) is 3. The number of hydrogen-bond donors (Lipinski definition) is 1. The predicted octanol–water partition coefficient (Wildman–Crippen LogP) is 0.163. The van der Waals surface area contributed by atoms with Crippen molar-refractivity contribution in [2.45, 2.75) is 0 Å². The molecule has 1 heterocycles. The number of tetrazole rings is 1. The third-order valence-electron chi connectivity index (χ3n) is 2.52. The fraction of sp³-hybridized carbons (Fsp3) is 0.273. The molecule has 0 unspecified atom stereocenters. The van der Waals surface area contributed by atoms with Crippen LogP contribution in [0.3, 0.4) is 0 Å². The first-order valence-corrected chi connectivity index (χ1v) is 5.57. The first kappa shape index (κ1) is 13.6. The van der Waals surface area contributed by atoms with Crippen LogP contribution in [0.2, 0.25) is 0 Å². The van der Waals surface area contributed by atoms with Crippen molar-refractivity contribution in [1.29, 1.82) is 0 Å². The largest absolute Gasteiger partial charge is 0.496 e. The van der Waals surface area contributed by atoms with E-state index in [0.717, 1.165) is 4.79 Å². The molecule has 0 aliphatic heterocycles. The summed E-state index contributed by atoms with van der Waals surface area (Å²) in [5.74, 6) is 1.77. The average molecular weight is 278 g/mol. The van der Waals surface area contributed by atoms with Crippen LogP contribution in [0.1, 0.15) is 5.56 Å². The summed E-state index contributed by atoms with van der Waals surface area (Å²) in [4.78, 5) is 1.09. The van der Waals surface area contributed by atoms with Crippen LogP contribution in [0.15, 0.2) is 17.2 Å². The highest BCUT2D eigenvalue weighted by atomic mass is 16.5. The SMILES string of the molecule is COc1cc(OC)c(OC)cc1/C=N/n1nnnc1N. The maximum absolute atomic E-state index is 5.51. The van der Waals surface area contributed by atoms with Gasteiger partial charge in [0.25, 0.3) is 5.95 Å². The van der Waals surface area contributed by atoms with Crippen molar-refractivity contribution in [2.75, 3.05) is 27.1 Å². The number of anilines is 1. The standard InChI is InChI=1S/C11H14N6O3/c1-18-8-5-10(20-3)9(19-2)4-7(8)6-13-17-11(12)14-15-16-17/h4-6H,1-3H3,(H2,12,14,16)/b13-6+. The molecular weight excluding hydrogens is 264 g/mol. The Morgan fingerprint density at radius 3 is 2.30 bits per heavy atom. The molecule has 0 amide bonds. The first-order chi connectivity index (χ1) is 9.69. The summed E-state index contributed by atoms with van der Waals surface area (Å²) < 4.78 is 15.7. The average Bonchev–Trinajstić information content (AvgIpc) is 2.89. The third-order valence-corrected chi connectivity index (χ3v) is 2.52. The fourth-order valence-corrected chi connectivity index (χ4v) is 1.54. The van der Waals surface area contributed by atoms with Crippen molar-refractivity contribution in [3.8, 4) is 17.2 Å². The van der Waals surface area contributed by atoms with E-state index in [2.05, 4.69) is 20.6 Å². The molecule has 2 N–H and O–H groups in total. The number of methoxy groups -OCH3 is 3. The molecule has 0 fully saturated rings. The summed E-state index contributed by atoms with van der Waals surface area (Å²) in [6.45, 7) is 0. The Hall–Kier alpha value is -2.84. The van der Waals surface area contributed by atoms with Crippen LogP contribution < -0.4 is 19.9 Å². The summed E-state index contributed by atoms with van der Waals surface area (Å²) in [6.07, 6.45) is 1.51. The van der Waals surface area contributed by atoms with Gasteiger partial charge in [0.15, 0.2) is 11.5 Å². The van der Waals surface area contributed by atoms with E-state index >= 15 is 0 Å². The molecule has 0 radical (unpaired) electrons. The van der Waals surface area contributed by atoms with E-state index in [1.54, 1.807) is 33.5 Å². The van der Waals surface area contributed by atoms with Crippen LogP contribution in [0.4, 0.5) is 5.95 Å². The molecular formula is C11H14N6O3. The highest BCUT2D eigenvalue weighted by Gasteiger charge is 2.10. The van der Waals surface area contributed by atoms with Gasteiger partial charge >= 0.3 is 0 Å². The van der Waals surface area contributed by atoms with E-state index in [4.69, 9.17) is 19.9 Å². The van der Waals surface area contributed by atoms with Crippen LogP contribution >= 0.6 is 0 Å². The van der Waals surface area contributed by atoms with Crippen LogP contribution in [0, 0.1) is 0 Å². The minimum absolute atomic E-state index is 0.0840. The molecule has 0 saturated carbocycles. The van der Waals surface area contributed by atoms with Gasteiger partial charge in [-0.15, -0.1) is 0 Å². The summed E-state index contributed by atoms with van der Waals surface area (Å²) in [5, 5.41) is 14.5. The molecule has 0 bridgehead atoms. The van der Waals surface area contributed by atoms with E-state index in [9.17, 15) is 0 Å². The van der Waals surface area contributed by atoms with Crippen molar-refractivity contribution in [1.82, 2.24) is 20.3 Å². The minimum atomic E-state index is 0.0840. The molecule has 0 aliphatic rings. The fourth-order valence-electron chi connectivity index (χ4n) is 1.54. The van der Waals surface area contributed by atoms with Crippen LogP contribution in [0.25, 0.3) is 0 Å². The minimum Gasteiger partial charge on any atom is -0.496 e. The summed E-state index contributed by atoms with van der Waals surface area (Å²) in [6, 6.07) is 3.42. The van der Waals surface area contributed by atoms with E-state index < -0.39 is 0 Å². The van der Waals surface area contributed by atoms with E-state index in [1.165, 1.54) is 6.21 Å². The maximum atomic E-state index is 5.51. The molecule has 0 aliphatic carbocycles. The Labute approximate surface area is 114 Å². The molecule has 106 valence electrons. The van der Waals surface area contributed by atoms with Gasteiger partial charge in [-0.1, -0.05) is 9.89 Å². The van der Waals surface area contributed by atoms with Gasteiger partial charge in [0.05, 0.1) is 27.5 Å². The molecule has 20 heavy (non-hydrogen) atoms. The zero-order valence-electron chi connectivity index (χ0n) is 11.3. The third kappa shape index (κ3) is 2.60. The van der Waals surface area contributed by atoms with Gasteiger partial charge in [0, 0.05) is 11.6 Å². The van der Waals surface area contributed by atoms with Crippen molar-refractivity contribution < 1.29 is 14.2 Å². The Morgan fingerprint density at radius 1 is 1.10 bits per heavy atom. The Bertz CT molecular complexity index is 625. The topological polar surface area (TPSA) is 110 Å². The molecule has 0 spiro atoms. The number of hydrogen-bond acceptors (Lipinski definition) is 8.